The zero-order valence-electron chi connectivity index (χ0n) is 4.80. The first kappa shape index (κ1) is 7.02. The van der Waals surface area contributed by atoms with Gasteiger partial charge >= 0.3 is 0 Å². The highest BCUT2D eigenvalue weighted by molar-refractivity contribution is 6.47. The summed E-state index contributed by atoms with van der Waals surface area (Å²) < 4.78 is 0. The van der Waals surface area contributed by atoms with Gasteiger partial charge in [0.2, 0.25) is 5.78 Å². The number of carbonyl (C=O) groups is 2. The van der Waals surface area contributed by atoms with Crippen molar-refractivity contribution in [3.63, 3.8) is 0 Å². The fourth-order valence-electron chi connectivity index (χ4n) is 0.555. The molecule has 0 bridgehead atoms. The van der Waals surface area contributed by atoms with Crippen LogP contribution in [0.3, 0.4) is 0 Å². The third-order valence-electron chi connectivity index (χ3n) is 0.998. The van der Waals surface area contributed by atoms with Gasteiger partial charge in [-0.25, -0.2) is 0 Å². The minimum Gasteiger partial charge on any atom is -0.504 e. The third kappa shape index (κ3) is 1.09. The van der Waals surface area contributed by atoms with Crippen molar-refractivity contribution in [3.8, 4) is 0 Å². The zero-order valence-corrected chi connectivity index (χ0v) is 5.55. The minimum atomic E-state index is -0.707. The molecule has 1 N–H and O–H groups in total. The Kier molecular flexibility index (Phi) is 1.59. The molecular formula is C6H3ClO3. The van der Waals surface area contributed by atoms with Gasteiger partial charge in [-0.15, -0.1) is 0 Å². The largest absolute Gasteiger partial charge is 0.504 e. The second-order valence-corrected chi connectivity index (χ2v) is 2.16. The van der Waals surface area contributed by atoms with Crippen molar-refractivity contribution in [2.45, 2.75) is 0 Å². The van der Waals surface area contributed by atoms with Gasteiger partial charge in [-0.1, -0.05) is 11.6 Å². The predicted octanol–water partition coefficient (Wildman–Crippen LogP) is 0.703. The van der Waals surface area contributed by atoms with Crippen molar-refractivity contribution in [2.75, 3.05) is 0 Å². The van der Waals surface area contributed by atoms with E-state index in [2.05, 4.69) is 0 Å². The van der Waals surface area contributed by atoms with E-state index in [0.717, 1.165) is 12.2 Å². The molecule has 0 saturated carbocycles. The topological polar surface area (TPSA) is 54.4 Å². The van der Waals surface area contributed by atoms with Gasteiger partial charge in [-0.2, -0.15) is 0 Å². The molecule has 3 nitrogen and oxygen atoms in total. The van der Waals surface area contributed by atoms with Crippen molar-refractivity contribution < 1.29 is 14.7 Å². The Bertz CT molecular complexity index is 238. The smallest absolute Gasteiger partial charge is 0.238 e. The molecule has 10 heavy (non-hydrogen) atoms. The van der Waals surface area contributed by atoms with Crippen molar-refractivity contribution in [3.05, 3.63) is 22.9 Å². The molecule has 0 heterocycles. The molecule has 0 aliphatic heterocycles. The Morgan fingerprint density at radius 1 is 1.30 bits per heavy atom. The first-order valence-corrected chi connectivity index (χ1v) is 2.85. The van der Waals surface area contributed by atoms with Gasteiger partial charge in [0.1, 0.15) is 0 Å². The van der Waals surface area contributed by atoms with Crippen molar-refractivity contribution in [1.82, 2.24) is 0 Å². The van der Waals surface area contributed by atoms with E-state index in [9.17, 15) is 9.59 Å². The number of carbonyl (C=O) groups excluding carboxylic acids is 2. The van der Waals surface area contributed by atoms with Crippen molar-refractivity contribution in [1.29, 1.82) is 0 Å². The van der Waals surface area contributed by atoms with E-state index >= 15 is 0 Å². The van der Waals surface area contributed by atoms with Gasteiger partial charge in [0.25, 0.3) is 0 Å². The molecular weight excluding hydrogens is 156 g/mol. The lowest BCUT2D eigenvalue weighted by Crippen LogP contribution is -2.10. The Balaban J connectivity index is 3.05. The van der Waals surface area contributed by atoms with Crippen LogP contribution < -0.4 is 0 Å². The molecule has 0 aromatic heterocycles. The predicted molar refractivity (Wildman–Crippen MR) is 34.7 cm³/mol. The lowest BCUT2D eigenvalue weighted by atomic mass is 10.1. The molecule has 1 rings (SSSR count). The number of allylic oxidation sites excluding steroid dienone is 3. The fraction of sp³-hybridized carbons (Fsp3) is 0. The number of aliphatic hydroxyl groups is 1. The molecule has 0 fully saturated rings. The van der Waals surface area contributed by atoms with E-state index < -0.39 is 17.3 Å². The highest BCUT2D eigenvalue weighted by Crippen LogP contribution is 2.13. The normalized spacial score (nSPS) is 18.5. The molecule has 0 aromatic rings. The Labute approximate surface area is 61.6 Å². The summed E-state index contributed by atoms with van der Waals surface area (Å²) in [5.74, 6) is -1.78. The van der Waals surface area contributed by atoms with Crippen LogP contribution in [0, 0.1) is 0 Å². The van der Waals surface area contributed by atoms with Gasteiger partial charge in [0.15, 0.2) is 11.5 Å². The standard InChI is InChI=1S/C6H3ClO3/c7-4-1-3(8)2-5(9)6(4)10/h1-2,9H. The van der Waals surface area contributed by atoms with E-state index in [-0.39, 0.29) is 5.03 Å². The van der Waals surface area contributed by atoms with E-state index in [4.69, 9.17) is 16.7 Å². The third-order valence-corrected chi connectivity index (χ3v) is 1.28. The van der Waals surface area contributed by atoms with Crippen LogP contribution >= 0.6 is 11.6 Å². The SMILES string of the molecule is O=C1C=C(O)C(=O)C(Cl)=C1. The van der Waals surface area contributed by atoms with Gasteiger partial charge in [-0.05, 0) is 0 Å². The molecule has 1 aliphatic carbocycles. The molecule has 0 radical (unpaired) electrons. The van der Waals surface area contributed by atoms with Gasteiger partial charge in [0.05, 0.1) is 5.03 Å². The number of ketones is 2. The summed E-state index contributed by atoms with van der Waals surface area (Å²) in [6, 6.07) is 0. The number of rotatable bonds is 0. The summed E-state index contributed by atoms with van der Waals surface area (Å²) in [7, 11) is 0. The first-order valence-electron chi connectivity index (χ1n) is 2.48. The summed E-state index contributed by atoms with van der Waals surface area (Å²) >= 11 is 5.25. The molecule has 1 aliphatic rings. The lowest BCUT2D eigenvalue weighted by molar-refractivity contribution is -0.116. The van der Waals surface area contributed by atoms with E-state index in [1.165, 1.54) is 0 Å². The quantitative estimate of drug-likeness (QED) is 0.528. The summed E-state index contributed by atoms with van der Waals surface area (Å²) in [5.41, 5.74) is 0. The molecule has 0 saturated heterocycles. The van der Waals surface area contributed by atoms with Gasteiger partial charge < -0.3 is 5.11 Å². The van der Waals surface area contributed by atoms with Crippen LogP contribution in [0.4, 0.5) is 0 Å². The molecule has 0 aromatic carbocycles. The number of aliphatic hydroxyl groups excluding tert-OH is 1. The van der Waals surface area contributed by atoms with Gasteiger partial charge in [0, 0.05) is 12.2 Å². The summed E-state index contributed by atoms with van der Waals surface area (Å²) in [5, 5.41) is 8.44. The molecule has 0 spiro atoms. The number of hydrogen-bond acceptors (Lipinski definition) is 3. The Hall–Kier alpha value is -1.09. The highest BCUT2D eigenvalue weighted by Gasteiger charge is 2.18. The number of halogens is 1. The molecule has 4 heteroatoms. The van der Waals surface area contributed by atoms with Crippen LogP contribution in [0.15, 0.2) is 22.9 Å². The number of Topliss-reactive ketones (excluding diaryl/α,β-unsaturated/α-hetero) is 1. The van der Waals surface area contributed by atoms with Crippen LogP contribution in [0.2, 0.25) is 0 Å². The average Bonchev–Trinajstić information content (AvgIpc) is 1.82. The number of hydrogen-bond donors (Lipinski definition) is 1. The maximum atomic E-state index is 10.6. The van der Waals surface area contributed by atoms with E-state index in [1.54, 1.807) is 0 Å². The first-order chi connectivity index (χ1) is 4.61. The van der Waals surface area contributed by atoms with Crippen LogP contribution in [0.25, 0.3) is 0 Å². The molecule has 0 atom stereocenters. The van der Waals surface area contributed by atoms with Crippen LogP contribution in [0.5, 0.6) is 0 Å². The van der Waals surface area contributed by atoms with Crippen LogP contribution in [-0.2, 0) is 9.59 Å². The average molecular weight is 159 g/mol. The maximum Gasteiger partial charge on any atom is 0.238 e. The second kappa shape index (κ2) is 2.27. The minimum absolute atomic E-state index is 0.245. The van der Waals surface area contributed by atoms with Gasteiger partial charge in [-0.3, -0.25) is 9.59 Å². The molecule has 0 amide bonds. The second-order valence-electron chi connectivity index (χ2n) is 1.75. The fourth-order valence-corrected chi connectivity index (χ4v) is 0.759. The van der Waals surface area contributed by atoms with Crippen molar-refractivity contribution >= 4 is 23.2 Å². The Morgan fingerprint density at radius 2 is 1.90 bits per heavy atom. The van der Waals surface area contributed by atoms with E-state index in [0.29, 0.717) is 0 Å². The summed E-state index contributed by atoms with van der Waals surface area (Å²) in [4.78, 5) is 21.1. The van der Waals surface area contributed by atoms with Crippen LogP contribution in [0.1, 0.15) is 0 Å². The van der Waals surface area contributed by atoms with E-state index in [1.807, 2.05) is 0 Å². The molecule has 52 valence electrons. The summed E-state index contributed by atoms with van der Waals surface area (Å²) in [6.45, 7) is 0. The monoisotopic (exact) mass is 158 g/mol. The van der Waals surface area contributed by atoms with Crippen LogP contribution in [-0.4, -0.2) is 16.7 Å². The maximum absolute atomic E-state index is 10.6. The Morgan fingerprint density at radius 3 is 2.40 bits per heavy atom. The zero-order chi connectivity index (χ0) is 7.72. The molecule has 0 unspecified atom stereocenters. The lowest BCUT2D eigenvalue weighted by Gasteiger charge is -2.00. The highest BCUT2D eigenvalue weighted by atomic mass is 35.5. The summed E-state index contributed by atoms with van der Waals surface area (Å²) in [6.07, 6.45) is 1.79. The van der Waals surface area contributed by atoms with Crippen molar-refractivity contribution in [2.24, 2.45) is 0 Å².